The van der Waals surface area contributed by atoms with E-state index in [2.05, 4.69) is 252 Å². The summed E-state index contributed by atoms with van der Waals surface area (Å²) in [6.07, 6.45) is 7.56. The van der Waals surface area contributed by atoms with Gasteiger partial charge in [-0.15, -0.1) is 0 Å². The van der Waals surface area contributed by atoms with Gasteiger partial charge < -0.3 is 19.9 Å². The van der Waals surface area contributed by atoms with Gasteiger partial charge in [-0.2, -0.15) is 0 Å². The van der Waals surface area contributed by atoms with Gasteiger partial charge in [0.1, 0.15) is 69.2 Å². The van der Waals surface area contributed by atoms with E-state index in [1.54, 1.807) is 0 Å². The molecule has 0 radical (unpaired) electrons. The number of aromatic nitrogens is 4. The van der Waals surface area contributed by atoms with E-state index >= 15 is 0 Å². The van der Waals surface area contributed by atoms with Gasteiger partial charge in [0.25, 0.3) is 0 Å². The largest absolute Gasteiger partial charge is 0.327 e. The predicted molar refractivity (Wildman–Crippen MR) is 339 cm³/mol. The van der Waals surface area contributed by atoms with Crippen molar-refractivity contribution in [1.82, 2.24) is 19.9 Å². The average molecular weight is 1070 g/mol. The lowest BCUT2D eigenvalue weighted by Gasteiger charge is -2.16. The molecule has 4 nitrogen and oxygen atoms in total. The molecule has 0 unspecified atom stereocenters. The summed E-state index contributed by atoms with van der Waals surface area (Å²) in [5, 5.41) is 0. The molecule has 8 aromatic rings. The third kappa shape index (κ3) is 12.4. The molecule has 4 aromatic carbocycles. The molecule has 9 rings (SSSR count). The first-order valence-corrected chi connectivity index (χ1v) is 31.0. The molecule has 4 N–H and O–H groups in total. The maximum Gasteiger partial charge on any atom is 0.130 e. The van der Waals surface area contributed by atoms with Crippen molar-refractivity contribution in [3.63, 3.8) is 0 Å². The Morgan fingerprint density at radius 1 is 0.212 bits per heavy atom. The van der Waals surface area contributed by atoms with E-state index in [9.17, 15) is 0 Å². The van der Waals surface area contributed by atoms with E-state index in [4.69, 9.17) is 0 Å². The van der Waals surface area contributed by atoms with Crippen LogP contribution >= 0.6 is 0 Å². The summed E-state index contributed by atoms with van der Waals surface area (Å²) in [6.45, 7) is 38.6. The van der Waals surface area contributed by atoms with Crippen LogP contribution in [0, 0.1) is 71.0 Å². The molecular weight excluding hydrogens is 969 g/mol. The molecule has 4 aromatic heterocycles. The van der Waals surface area contributed by atoms with Crippen LogP contribution in [0.4, 0.5) is 0 Å². The second kappa shape index (κ2) is 25.1. The van der Waals surface area contributed by atoms with Crippen molar-refractivity contribution in [3.8, 4) is 0 Å². The lowest BCUT2D eigenvalue weighted by Crippen LogP contribution is -2.14. The zero-order valence-corrected chi connectivity index (χ0v) is 51.8. The van der Waals surface area contributed by atoms with Crippen LogP contribution in [0.1, 0.15) is 223 Å². The first-order chi connectivity index (χ1) is 38.3. The number of nitrogens with one attached hydrogen (secondary N) is 4. The molecule has 8 bridgehead atoms. The van der Waals surface area contributed by atoms with E-state index < -0.39 is 0 Å². The summed E-state index contributed by atoms with van der Waals surface area (Å²) in [5.41, 5.74) is 26.3. The maximum atomic E-state index is 4.53. The van der Waals surface area contributed by atoms with Gasteiger partial charge in [0, 0.05) is 99.9 Å². The summed E-state index contributed by atoms with van der Waals surface area (Å²) in [5.74, 6) is 8.35. The molecule has 0 fully saturated rings. The SMILES string of the molecule is CC(C)Cc1c2[nH]c(c1CC(C)C)[C+](c1ccccc1)c1[nH]c(c(CC(C)C)c1CC(C)C)[C+](c1ccccc1)c1[nH]c(c(CC(C)C)c1CC(C)C)[C+](c1ccccc1)c1[nH]c(c(CC(C)C)c1CC(C)C)[C+]2c1ccccc1. The highest BCUT2D eigenvalue weighted by molar-refractivity contribution is 5.73. The van der Waals surface area contributed by atoms with Crippen LogP contribution in [0.15, 0.2) is 121 Å². The highest BCUT2D eigenvalue weighted by atomic mass is 14.9. The molecular formula is C76H96N4+4. The molecule has 0 saturated carbocycles. The van der Waals surface area contributed by atoms with Crippen molar-refractivity contribution in [1.29, 1.82) is 0 Å². The number of aromatic amines is 4. The number of benzene rings is 4. The molecule has 0 aliphatic carbocycles. The zero-order valence-electron chi connectivity index (χ0n) is 51.8. The van der Waals surface area contributed by atoms with Crippen LogP contribution in [0.3, 0.4) is 0 Å². The Bertz CT molecular complexity index is 2670. The Balaban J connectivity index is 1.60. The minimum atomic E-state index is 0.411. The monoisotopic (exact) mass is 1060 g/mol. The van der Waals surface area contributed by atoms with E-state index in [1.165, 1.54) is 136 Å². The molecule has 1 aliphatic rings. The molecule has 416 valence electrons. The van der Waals surface area contributed by atoms with Crippen LogP contribution in [-0.2, 0) is 51.4 Å². The summed E-state index contributed by atoms with van der Waals surface area (Å²) >= 11 is 0. The first-order valence-electron chi connectivity index (χ1n) is 31.0. The third-order valence-corrected chi connectivity index (χ3v) is 16.0. The van der Waals surface area contributed by atoms with Crippen LogP contribution in [0.25, 0.3) is 0 Å². The van der Waals surface area contributed by atoms with Gasteiger partial charge in [-0.05, 0) is 120 Å². The van der Waals surface area contributed by atoms with Crippen molar-refractivity contribution in [2.75, 3.05) is 0 Å². The van der Waals surface area contributed by atoms with E-state index in [-0.39, 0.29) is 0 Å². The van der Waals surface area contributed by atoms with E-state index in [1.807, 2.05) is 0 Å². The van der Waals surface area contributed by atoms with Crippen LogP contribution < -0.4 is 0 Å². The Morgan fingerprint density at radius 3 is 0.450 bits per heavy atom. The number of H-pyrrole nitrogens is 4. The van der Waals surface area contributed by atoms with Crippen LogP contribution in [0.2, 0.25) is 0 Å². The Hall–Kier alpha value is -6.52. The number of rotatable bonds is 20. The molecule has 0 amide bonds. The summed E-state index contributed by atoms with van der Waals surface area (Å²) in [6, 6.07) is 45.7. The van der Waals surface area contributed by atoms with Crippen molar-refractivity contribution in [2.24, 2.45) is 47.3 Å². The quantitative estimate of drug-likeness (QED) is 0.0550. The van der Waals surface area contributed by atoms with Crippen molar-refractivity contribution in [3.05, 3.63) is 257 Å². The third-order valence-electron chi connectivity index (χ3n) is 16.0. The van der Waals surface area contributed by atoms with Crippen LogP contribution in [0.5, 0.6) is 0 Å². The molecule has 0 atom stereocenters. The minimum Gasteiger partial charge on any atom is -0.327 e. The van der Waals surface area contributed by atoms with Gasteiger partial charge >= 0.3 is 0 Å². The Labute approximate surface area is 484 Å². The molecule has 0 saturated heterocycles. The van der Waals surface area contributed by atoms with Crippen molar-refractivity contribution >= 4 is 0 Å². The Morgan fingerprint density at radius 2 is 0.338 bits per heavy atom. The normalized spacial score (nSPS) is 13.2. The average Bonchev–Trinajstić information content (AvgIpc) is 4.33. The smallest absolute Gasteiger partial charge is 0.130 e. The van der Waals surface area contributed by atoms with Crippen molar-refractivity contribution < 1.29 is 0 Å². The summed E-state index contributed by atoms with van der Waals surface area (Å²) in [4.78, 5) is 18.1. The second-order valence-corrected chi connectivity index (χ2v) is 27.1. The van der Waals surface area contributed by atoms with Gasteiger partial charge in [-0.3, -0.25) is 0 Å². The van der Waals surface area contributed by atoms with Gasteiger partial charge in [0.05, 0.1) is 66.8 Å². The number of fused-ring (bicyclic) bond motifs is 8. The van der Waals surface area contributed by atoms with Gasteiger partial charge in [-0.1, -0.05) is 111 Å². The topological polar surface area (TPSA) is 63.2 Å². The number of hydrogen-bond acceptors (Lipinski definition) is 0. The molecule has 1 aliphatic heterocycles. The molecule has 80 heavy (non-hydrogen) atoms. The van der Waals surface area contributed by atoms with Crippen LogP contribution in [-0.4, -0.2) is 19.9 Å². The fraction of sp³-hybridized carbons (Fsp3) is 0.421. The molecule has 0 spiro atoms. The summed E-state index contributed by atoms with van der Waals surface area (Å²) < 4.78 is 0. The fourth-order valence-corrected chi connectivity index (χ4v) is 13.2. The van der Waals surface area contributed by atoms with Gasteiger partial charge in [-0.25, -0.2) is 0 Å². The lowest BCUT2D eigenvalue weighted by molar-refractivity contribution is 0.611. The fourth-order valence-electron chi connectivity index (χ4n) is 13.2. The highest BCUT2D eigenvalue weighted by Crippen LogP contribution is 2.50. The zero-order chi connectivity index (χ0) is 57.1. The maximum absolute atomic E-state index is 4.53. The van der Waals surface area contributed by atoms with E-state index in [0.717, 1.165) is 51.4 Å². The second-order valence-electron chi connectivity index (χ2n) is 27.1. The minimum absolute atomic E-state index is 0.411. The molecule has 5 heterocycles. The molecule has 4 heteroatoms. The Kier molecular flexibility index (Phi) is 18.2. The van der Waals surface area contributed by atoms with E-state index in [0.29, 0.717) is 47.3 Å². The predicted octanol–water partition coefficient (Wildman–Crippen LogP) is 19.0. The summed E-state index contributed by atoms with van der Waals surface area (Å²) in [7, 11) is 0. The standard InChI is InChI=1S/C76H96N4/c1-45(2)37-57-58(38-46(3)4)70-66(54-31-23-18-24-32-54)72-61(41-49(9)10)62(42-50(11)12)74(79-72)68(56-35-27-20-28-36-56)76-64(44-52(15)16)63(43-51(13)14)75(80-76)67(55-33-25-19-26-34-55)73-60(40-48(7)8)59(39-47(5)6)71(78-73)65(69(57)77-70)53-29-21-17-22-30-53/h17-36,45-52,77-80H,37-44H2,1-16H3/q+4. The first kappa shape index (κ1) is 58.1. The van der Waals surface area contributed by atoms with Crippen molar-refractivity contribution in [2.45, 2.75) is 162 Å². The highest BCUT2D eigenvalue weighted by Gasteiger charge is 2.48. The van der Waals surface area contributed by atoms with Gasteiger partial charge in [0.2, 0.25) is 0 Å². The van der Waals surface area contributed by atoms with Gasteiger partial charge in [0.15, 0.2) is 0 Å². The lowest BCUT2D eigenvalue weighted by atomic mass is 9.79. The number of hydrogen-bond donors (Lipinski definition) is 4.